The molecule has 0 aliphatic carbocycles. The van der Waals surface area contributed by atoms with Gasteiger partial charge in [-0.3, -0.25) is 4.79 Å². The molecule has 0 radical (unpaired) electrons. The Bertz CT molecular complexity index is 786. The summed E-state index contributed by atoms with van der Waals surface area (Å²) in [7, 11) is 4.64. The molecule has 0 amide bonds. The average Bonchev–Trinajstić information content (AvgIpc) is 2.70. The van der Waals surface area contributed by atoms with Crippen LogP contribution in [0.1, 0.15) is 28.4 Å². The molecule has 27 heavy (non-hydrogen) atoms. The molecule has 2 aromatic carbocycles. The molecule has 0 bridgehead atoms. The number of ketones is 1. The summed E-state index contributed by atoms with van der Waals surface area (Å²) in [6, 6.07) is 10.7. The van der Waals surface area contributed by atoms with Crippen molar-refractivity contribution < 1.29 is 33.2 Å². The van der Waals surface area contributed by atoms with E-state index in [1.54, 1.807) is 19.2 Å². The van der Waals surface area contributed by atoms with Crippen LogP contribution in [0.15, 0.2) is 36.4 Å². The fourth-order valence-corrected chi connectivity index (χ4v) is 2.85. The van der Waals surface area contributed by atoms with Crippen molar-refractivity contribution >= 4 is 5.78 Å². The number of benzene rings is 2. The summed E-state index contributed by atoms with van der Waals surface area (Å²) < 4.78 is 32.2. The first kappa shape index (κ1) is 19.0. The standard InChI is InChI=1S/C20H22O7/c1-22-11-25-15-8-18(26-12-23-2)20-16(21)10-17(27-19(20)9-15)13-4-6-14(24-3)7-5-13/h4-9,17H,10-12H2,1-3H3/t17-/m1/s1. The molecule has 1 atom stereocenters. The smallest absolute Gasteiger partial charge is 0.188 e. The Balaban J connectivity index is 1.92. The van der Waals surface area contributed by atoms with Crippen molar-refractivity contribution in [1.82, 2.24) is 0 Å². The van der Waals surface area contributed by atoms with Crippen LogP contribution in [0, 0.1) is 0 Å². The van der Waals surface area contributed by atoms with E-state index in [4.69, 9.17) is 28.4 Å². The number of carbonyl (C=O) groups is 1. The van der Waals surface area contributed by atoms with Crippen LogP contribution < -0.4 is 18.9 Å². The van der Waals surface area contributed by atoms with Crippen molar-refractivity contribution in [2.45, 2.75) is 12.5 Å². The highest BCUT2D eigenvalue weighted by Gasteiger charge is 2.31. The molecule has 0 N–H and O–H groups in total. The van der Waals surface area contributed by atoms with Crippen molar-refractivity contribution in [2.24, 2.45) is 0 Å². The van der Waals surface area contributed by atoms with Crippen molar-refractivity contribution in [3.05, 3.63) is 47.5 Å². The zero-order valence-electron chi connectivity index (χ0n) is 15.5. The van der Waals surface area contributed by atoms with E-state index < -0.39 is 6.10 Å². The second kappa shape index (κ2) is 8.75. The Morgan fingerprint density at radius 2 is 1.67 bits per heavy atom. The molecule has 7 nitrogen and oxygen atoms in total. The minimum absolute atomic E-state index is 0.00929. The topological polar surface area (TPSA) is 72.5 Å². The maximum Gasteiger partial charge on any atom is 0.188 e. The molecular formula is C20H22O7. The SMILES string of the molecule is COCOc1cc(OCOC)c2c(c1)O[C@@H](c1ccc(OC)cc1)CC2=O. The number of hydrogen-bond acceptors (Lipinski definition) is 7. The summed E-state index contributed by atoms with van der Waals surface area (Å²) in [5, 5.41) is 0. The Labute approximate surface area is 157 Å². The van der Waals surface area contributed by atoms with Crippen molar-refractivity contribution in [1.29, 1.82) is 0 Å². The molecule has 1 aliphatic rings. The Kier molecular flexibility index (Phi) is 6.16. The predicted octanol–water partition coefficient (Wildman–Crippen LogP) is 3.37. The first-order valence-corrected chi connectivity index (χ1v) is 8.41. The second-order valence-corrected chi connectivity index (χ2v) is 5.90. The molecule has 0 saturated carbocycles. The minimum Gasteiger partial charge on any atom is -0.497 e. The highest BCUT2D eigenvalue weighted by atomic mass is 16.7. The number of carbonyl (C=O) groups excluding carboxylic acids is 1. The summed E-state index contributed by atoms with van der Waals surface area (Å²) in [6.45, 7) is 0.0771. The third kappa shape index (κ3) is 4.32. The minimum atomic E-state index is -0.399. The summed E-state index contributed by atoms with van der Waals surface area (Å²) in [5.74, 6) is 1.92. The zero-order valence-corrected chi connectivity index (χ0v) is 15.5. The van der Waals surface area contributed by atoms with Gasteiger partial charge in [0, 0.05) is 26.4 Å². The first-order valence-electron chi connectivity index (χ1n) is 8.41. The number of fused-ring (bicyclic) bond motifs is 1. The van der Waals surface area contributed by atoms with E-state index in [9.17, 15) is 4.79 Å². The Hall–Kier alpha value is -2.77. The highest BCUT2D eigenvalue weighted by Crippen LogP contribution is 2.42. The molecule has 1 aliphatic heterocycles. The summed E-state index contributed by atoms with van der Waals surface area (Å²) >= 11 is 0. The van der Waals surface area contributed by atoms with Crippen molar-refractivity contribution in [2.75, 3.05) is 34.9 Å². The summed E-state index contributed by atoms with van der Waals surface area (Å²) in [5.41, 5.74) is 1.28. The molecule has 0 saturated heterocycles. The third-order valence-electron chi connectivity index (χ3n) is 4.12. The molecule has 1 heterocycles. The van der Waals surface area contributed by atoms with Gasteiger partial charge in [0.1, 0.15) is 34.7 Å². The molecule has 7 heteroatoms. The van der Waals surface area contributed by atoms with E-state index in [1.165, 1.54) is 14.2 Å². The first-order chi connectivity index (χ1) is 13.2. The quantitative estimate of drug-likeness (QED) is 0.656. The van der Waals surface area contributed by atoms with Crippen LogP contribution in [0.25, 0.3) is 0 Å². The number of ether oxygens (including phenoxy) is 6. The zero-order chi connectivity index (χ0) is 19.2. The molecule has 3 rings (SSSR count). The lowest BCUT2D eigenvalue weighted by Crippen LogP contribution is -2.21. The normalized spacial score (nSPS) is 15.7. The van der Waals surface area contributed by atoms with Crippen LogP contribution in [-0.4, -0.2) is 40.7 Å². The van der Waals surface area contributed by atoms with Gasteiger partial charge in [0.15, 0.2) is 19.4 Å². The van der Waals surface area contributed by atoms with Gasteiger partial charge in [-0.2, -0.15) is 0 Å². The largest absolute Gasteiger partial charge is 0.497 e. The fourth-order valence-electron chi connectivity index (χ4n) is 2.85. The van der Waals surface area contributed by atoms with Crippen LogP contribution >= 0.6 is 0 Å². The van der Waals surface area contributed by atoms with Crippen LogP contribution in [0.2, 0.25) is 0 Å². The number of rotatable bonds is 8. The molecule has 0 fully saturated rings. The lowest BCUT2D eigenvalue weighted by molar-refractivity contribution is 0.0439. The van der Waals surface area contributed by atoms with Gasteiger partial charge in [0.2, 0.25) is 0 Å². The number of Topliss-reactive ketones (excluding diaryl/α,β-unsaturated/α-hetero) is 1. The van der Waals surface area contributed by atoms with Gasteiger partial charge >= 0.3 is 0 Å². The van der Waals surface area contributed by atoms with Gasteiger partial charge in [0.05, 0.1) is 13.5 Å². The van der Waals surface area contributed by atoms with Gasteiger partial charge in [-0.15, -0.1) is 0 Å². The van der Waals surface area contributed by atoms with Crippen LogP contribution in [0.5, 0.6) is 23.0 Å². The molecule has 2 aromatic rings. The maximum absolute atomic E-state index is 12.8. The Morgan fingerprint density at radius 3 is 2.33 bits per heavy atom. The van der Waals surface area contributed by atoms with Gasteiger partial charge in [-0.1, -0.05) is 12.1 Å². The lowest BCUT2D eigenvalue weighted by atomic mass is 9.95. The van der Waals surface area contributed by atoms with E-state index in [0.717, 1.165) is 11.3 Å². The van der Waals surface area contributed by atoms with Crippen molar-refractivity contribution in [3.8, 4) is 23.0 Å². The molecule has 0 unspecified atom stereocenters. The molecule has 144 valence electrons. The van der Waals surface area contributed by atoms with Gasteiger partial charge in [0.25, 0.3) is 0 Å². The van der Waals surface area contributed by atoms with Crippen LogP contribution in [0.3, 0.4) is 0 Å². The van der Waals surface area contributed by atoms with Crippen LogP contribution in [-0.2, 0) is 9.47 Å². The van der Waals surface area contributed by atoms with Crippen molar-refractivity contribution in [3.63, 3.8) is 0 Å². The molecule has 0 aromatic heterocycles. The maximum atomic E-state index is 12.8. The van der Waals surface area contributed by atoms with Gasteiger partial charge < -0.3 is 28.4 Å². The predicted molar refractivity (Wildman–Crippen MR) is 96.8 cm³/mol. The molecule has 0 spiro atoms. The highest BCUT2D eigenvalue weighted by molar-refractivity contribution is 6.02. The monoisotopic (exact) mass is 374 g/mol. The van der Waals surface area contributed by atoms with E-state index in [0.29, 0.717) is 22.8 Å². The third-order valence-corrected chi connectivity index (χ3v) is 4.12. The van der Waals surface area contributed by atoms with E-state index in [1.807, 2.05) is 24.3 Å². The Morgan fingerprint density at radius 1 is 0.963 bits per heavy atom. The number of hydrogen-bond donors (Lipinski definition) is 0. The second-order valence-electron chi connectivity index (χ2n) is 5.90. The molecular weight excluding hydrogens is 352 g/mol. The summed E-state index contributed by atoms with van der Waals surface area (Å²) in [6.07, 6.45) is -0.190. The van der Waals surface area contributed by atoms with Gasteiger partial charge in [-0.05, 0) is 17.7 Å². The van der Waals surface area contributed by atoms with Gasteiger partial charge in [-0.25, -0.2) is 0 Å². The van der Waals surface area contributed by atoms with E-state index in [-0.39, 0.29) is 25.8 Å². The van der Waals surface area contributed by atoms with Crippen LogP contribution in [0.4, 0.5) is 0 Å². The van der Waals surface area contributed by atoms with E-state index in [2.05, 4.69) is 0 Å². The summed E-state index contributed by atoms with van der Waals surface area (Å²) in [4.78, 5) is 12.8. The average molecular weight is 374 g/mol. The number of methoxy groups -OCH3 is 3. The van der Waals surface area contributed by atoms with E-state index >= 15 is 0 Å². The fraction of sp³-hybridized carbons (Fsp3) is 0.350. The lowest BCUT2D eigenvalue weighted by Gasteiger charge is -2.27.